The monoisotopic (exact) mass is 363 g/mol. The zero-order valence-electron chi connectivity index (χ0n) is 10.1. The number of nitro groups is 1. The van der Waals surface area contributed by atoms with Crippen molar-refractivity contribution in [3.63, 3.8) is 0 Å². The first-order valence-corrected chi connectivity index (χ1v) is 6.51. The van der Waals surface area contributed by atoms with Gasteiger partial charge in [0, 0.05) is 16.2 Å². The summed E-state index contributed by atoms with van der Waals surface area (Å²) in [5.74, 6) is -0.189. The molecule has 6 nitrogen and oxygen atoms in total. The van der Waals surface area contributed by atoms with E-state index >= 15 is 0 Å². The van der Waals surface area contributed by atoms with Gasteiger partial charge < -0.3 is 10.6 Å². The normalized spacial score (nSPS) is 11.7. The lowest BCUT2D eigenvalue weighted by molar-refractivity contribution is -0.384. The molecular formula is C11H14IN3O3. The molecule has 1 amide bonds. The van der Waals surface area contributed by atoms with Crippen molar-refractivity contribution in [2.24, 2.45) is 0 Å². The summed E-state index contributed by atoms with van der Waals surface area (Å²) in [6, 6.07) is 4.30. The standard InChI is InChI=1S/C11H14IN3O3/c1-3-13-11(16)7(2)14-9-5-4-8(12)6-10(9)15(17)18/h4-7,14H,3H2,1-2H3,(H,13,16). The summed E-state index contributed by atoms with van der Waals surface area (Å²) in [6.45, 7) is 4.00. The molecule has 0 heterocycles. The van der Waals surface area contributed by atoms with Crippen LogP contribution in [0.1, 0.15) is 13.8 Å². The minimum absolute atomic E-state index is 0.0296. The molecule has 18 heavy (non-hydrogen) atoms. The van der Waals surface area contributed by atoms with Gasteiger partial charge in [-0.3, -0.25) is 14.9 Å². The van der Waals surface area contributed by atoms with E-state index < -0.39 is 11.0 Å². The summed E-state index contributed by atoms with van der Waals surface area (Å²) in [5, 5.41) is 16.4. The van der Waals surface area contributed by atoms with Gasteiger partial charge in [0.05, 0.1) is 4.92 Å². The van der Waals surface area contributed by atoms with Gasteiger partial charge in [0.2, 0.25) is 5.91 Å². The highest BCUT2D eigenvalue weighted by Crippen LogP contribution is 2.26. The molecular weight excluding hydrogens is 349 g/mol. The van der Waals surface area contributed by atoms with E-state index in [9.17, 15) is 14.9 Å². The van der Waals surface area contributed by atoms with Crippen LogP contribution < -0.4 is 10.6 Å². The summed E-state index contributed by atoms with van der Waals surface area (Å²) in [6.07, 6.45) is 0. The molecule has 0 bridgehead atoms. The van der Waals surface area contributed by atoms with E-state index in [4.69, 9.17) is 0 Å². The molecule has 1 rings (SSSR count). The molecule has 98 valence electrons. The Balaban J connectivity index is 2.90. The van der Waals surface area contributed by atoms with Crippen molar-refractivity contribution in [3.8, 4) is 0 Å². The Hall–Kier alpha value is -1.38. The van der Waals surface area contributed by atoms with E-state index in [1.165, 1.54) is 6.07 Å². The van der Waals surface area contributed by atoms with Crippen LogP contribution >= 0.6 is 22.6 Å². The number of amides is 1. The van der Waals surface area contributed by atoms with Gasteiger partial charge in [-0.2, -0.15) is 0 Å². The predicted octanol–water partition coefficient (Wildman–Crippen LogP) is 2.14. The molecule has 1 unspecified atom stereocenters. The van der Waals surface area contributed by atoms with Crippen molar-refractivity contribution in [1.82, 2.24) is 5.32 Å². The molecule has 0 saturated carbocycles. The number of nitrogens with zero attached hydrogens (tertiary/aromatic N) is 1. The summed E-state index contributed by atoms with van der Waals surface area (Å²) in [4.78, 5) is 22.0. The van der Waals surface area contributed by atoms with Crippen LogP contribution in [0, 0.1) is 13.7 Å². The van der Waals surface area contributed by atoms with Crippen LogP contribution in [0.3, 0.4) is 0 Å². The van der Waals surface area contributed by atoms with Crippen molar-refractivity contribution in [2.45, 2.75) is 19.9 Å². The van der Waals surface area contributed by atoms with Crippen LogP contribution in [-0.4, -0.2) is 23.4 Å². The van der Waals surface area contributed by atoms with Crippen molar-refractivity contribution in [2.75, 3.05) is 11.9 Å². The van der Waals surface area contributed by atoms with E-state index in [-0.39, 0.29) is 11.6 Å². The molecule has 1 aromatic rings. The summed E-state index contributed by atoms with van der Waals surface area (Å²) >= 11 is 2.00. The third-order valence-corrected chi connectivity index (χ3v) is 2.94. The van der Waals surface area contributed by atoms with Crippen molar-refractivity contribution in [1.29, 1.82) is 0 Å². The first kappa shape index (κ1) is 14.7. The smallest absolute Gasteiger partial charge is 0.293 e. The number of nitrogens with one attached hydrogen (secondary N) is 2. The van der Waals surface area contributed by atoms with Gasteiger partial charge in [0.1, 0.15) is 11.7 Å². The van der Waals surface area contributed by atoms with Gasteiger partial charge in [0.15, 0.2) is 0 Å². The van der Waals surface area contributed by atoms with E-state index in [1.807, 2.05) is 29.5 Å². The molecule has 1 aromatic carbocycles. The van der Waals surface area contributed by atoms with Crippen molar-refractivity contribution >= 4 is 39.9 Å². The van der Waals surface area contributed by atoms with Gasteiger partial charge in [0.25, 0.3) is 5.69 Å². The van der Waals surface area contributed by atoms with Crippen molar-refractivity contribution in [3.05, 3.63) is 31.9 Å². The number of hydrogen-bond acceptors (Lipinski definition) is 4. The first-order chi connectivity index (χ1) is 8.45. The second kappa shape index (κ2) is 6.53. The number of halogens is 1. The largest absolute Gasteiger partial charge is 0.368 e. The lowest BCUT2D eigenvalue weighted by Crippen LogP contribution is -2.37. The number of rotatable bonds is 5. The van der Waals surface area contributed by atoms with Crippen LogP contribution in [0.5, 0.6) is 0 Å². The highest BCUT2D eigenvalue weighted by molar-refractivity contribution is 14.1. The molecule has 0 fully saturated rings. The minimum atomic E-state index is -0.524. The molecule has 0 aromatic heterocycles. The molecule has 0 radical (unpaired) electrons. The summed E-state index contributed by atoms with van der Waals surface area (Å²) in [5.41, 5.74) is 0.317. The van der Waals surface area contributed by atoms with Gasteiger partial charge in [-0.1, -0.05) is 0 Å². The zero-order chi connectivity index (χ0) is 13.7. The molecule has 0 aliphatic carbocycles. The number of nitro benzene ring substituents is 1. The Kier molecular flexibility index (Phi) is 5.32. The average Bonchev–Trinajstić information content (AvgIpc) is 2.31. The van der Waals surface area contributed by atoms with Crippen LogP contribution in [0.15, 0.2) is 18.2 Å². The SMILES string of the molecule is CCNC(=O)C(C)Nc1ccc(I)cc1[N+](=O)[O-]. The number of carbonyl (C=O) groups excluding carboxylic acids is 1. The first-order valence-electron chi connectivity index (χ1n) is 5.44. The Bertz CT molecular complexity index is 465. The van der Waals surface area contributed by atoms with Crippen LogP contribution in [0.4, 0.5) is 11.4 Å². The van der Waals surface area contributed by atoms with Gasteiger partial charge in [-0.15, -0.1) is 0 Å². The third kappa shape index (κ3) is 3.83. The summed E-state index contributed by atoms with van der Waals surface area (Å²) < 4.78 is 0.774. The fraction of sp³-hybridized carbons (Fsp3) is 0.364. The molecule has 0 spiro atoms. The summed E-state index contributed by atoms with van der Waals surface area (Å²) in [7, 11) is 0. The van der Waals surface area contributed by atoms with E-state index in [1.54, 1.807) is 19.1 Å². The van der Waals surface area contributed by atoms with Crippen LogP contribution in [0.25, 0.3) is 0 Å². The quantitative estimate of drug-likeness (QED) is 0.477. The van der Waals surface area contributed by atoms with Gasteiger partial charge in [-0.05, 0) is 48.6 Å². The maximum atomic E-state index is 11.6. The lowest BCUT2D eigenvalue weighted by Gasteiger charge is -2.14. The average molecular weight is 363 g/mol. The Morgan fingerprint density at radius 2 is 2.22 bits per heavy atom. The molecule has 0 aliphatic rings. The zero-order valence-corrected chi connectivity index (χ0v) is 12.2. The highest BCUT2D eigenvalue weighted by atomic mass is 127. The molecule has 7 heteroatoms. The van der Waals surface area contributed by atoms with E-state index in [0.717, 1.165) is 3.57 Å². The van der Waals surface area contributed by atoms with Crippen molar-refractivity contribution < 1.29 is 9.72 Å². The Morgan fingerprint density at radius 1 is 1.56 bits per heavy atom. The van der Waals surface area contributed by atoms with Crippen LogP contribution in [-0.2, 0) is 4.79 Å². The second-order valence-electron chi connectivity index (χ2n) is 3.68. The van der Waals surface area contributed by atoms with Gasteiger partial charge in [-0.25, -0.2) is 0 Å². The Labute approximate surface area is 118 Å². The number of hydrogen-bond donors (Lipinski definition) is 2. The maximum absolute atomic E-state index is 11.6. The number of anilines is 1. The molecule has 1 atom stereocenters. The fourth-order valence-electron chi connectivity index (χ4n) is 1.40. The molecule has 2 N–H and O–H groups in total. The fourth-order valence-corrected chi connectivity index (χ4v) is 1.88. The molecule has 0 aliphatic heterocycles. The maximum Gasteiger partial charge on any atom is 0.293 e. The minimum Gasteiger partial charge on any atom is -0.368 e. The third-order valence-electron chi connectivity index (χ3n) is 2.27. The topological polar surface area (TPSA) is 84.3 Å². The van der Waals surface area contributed by atoms with E-state index in [0.29, 0.717) is 12.2 Å². The lowest BCUT2D eigenvalue weighted by atomic mass is 10.2. The number of benzene rings is 1. The second-order valence-corrected chi connectivity index (χ2v) is 4.92. The van der Waals surface area contributed by atoms with Gasteiger partial charge >= 0.3 is 0 Å². The number of likely N-dealkylation sites (N-methyl/N-ethyl adjacent to an activating group) is 1. The highest BCUT2D eigenvalue weighted by Gasteiger charge is 2.18. The van der Waals surface area contributed by atoms with Crippen LogP contribution in [0.2, 0.25) is 0 Å². The Morgan fingerprint density at radius 3 is 2.78 bits per heavy atom. The predicted molar refractivity (Wildman–Crippen MR) is 77.6 cm³/mol. The van der Waals surface area contributed by atoms with E-state index in [2.05, 4.69) is 10.6 Å². The number of carbonyl (C=O) groups is 1. The molecule has 0 saturated heterocycles.